The predicted octanol–water partition coefficient (Wildman–Crippen LogP) is 7.09. The zero-order chi connectivity index (χ0) is 29.9. The van der Waals surface area contributed by atoms with Crippen LogP contribution in [0.15, 0.2) is 48.5 Å². The summed E-state index contributed by atoms with van der Waals surface area (Å²) in [7, 11) is 0. The van der Waals surface area contributed by atoms with Crippen molar-refractivity contribution in [3.8, 4) is 22.9 Å². The van der Waals surface area contributed by atoms with Crippen molar-refractivity contribution in [3.05, 3.63) is 54.1 Å². The van der Waals surface area contributed by atoms with Gasteiger partial charge in [0.05, 0.1) is 16.0 Å². The Balaban J connectivity index is 1.42. The predicted molar refractivity (Wildman–Crippen MR) is 160 cm³/mol. The van der Waals surface area contributed by atoms with Crippen LogP contribution < -0.4 is 15.4 Å². The van der Waals surface area contributed by atoms with E-state index in [-0.39, 0.29) is 5.88 Å². The fraction of sp³-hybridized carbons (Fsp3) is 0.433. The molecule has 1 saturated heterocycles. The average Bonchev–Trinajstić information content (AvgIpc) is 3.34. The van der Waals surface area contributed by atoms with Gasteiger partial charge in [0.2, 0.25) is 11.8 Å². The number of thiazole rings is 1. The van der Waals surface area contributed by atoms with Crippen molar-refractivity contribution in [3.63, 3.8) is 0 Å². The number of aliphatic hydroxyl groups excluding tert-OH is 1. The molecule has 0 bridgehead atoms. The highest BCUT2D eigenvalue weighted by Gasteiger charge is 2.30. The summed E-state index contributed by atoms with van der Waals surface area (Å²) in [4.78, 5) is 16.3. The molecule has 8 nitrogen and oxygen atoms in total. The van der Waals surface area contributed by atoms with E-state index in [4.69, 9.17) is 4.74 Å². The molecule has 42 heavy (non-hydrogen) atoms. The number of hydrogen-bond donors (Lipinski definition) is 3. The number of nitrogens with one attached hydrogen (secondary N) is 2. The Bertz CT molecular complexity index is 1490. The molecule has 1 aliphatic heterocycles. The molecule has 12 heteroatoms. The number of benzene rings is 2. The average molecular weight is 601 g/mol. The van der Waals surface area contributed by atoms with Gasteiger partial charge in [-0.2, -0.15) is 18.2 Å². The van der Waals surface area contributed by atoms with Crippen LogP contribution in [0.1, 0.15) is 39.2 Å². The Kier molecular flexibility index (Phi) is 9.14. The first-order valence-electron chi connectivity index (χ1n) is 14.1. The molecule has 2 aromatic carbocycles. The molecule has 2 unspecified atom stereocenters. The smallest absolute Gasteiger partial charge is 0.416 e. The third-order valence-corrected chi connectivity index (χ3v) is 7.87. The van der Waals surface area contributed by atoms with Crippen LogP contribution >= 0.6 is 11.3 Å². The van der Waals surface area contributed by atoms with E-state index in [0.29, 0.717) is 52.0 Å². The number of piperidine rings is 1. The largest absolute Gasteiger partial charge is 0.437 e. The highest BCUT2D eigenvalue weighted by molar-refractivity contribution is 7.22. The number of aromatic nitrogens is 3. The first kappa shape index (κ1) is 30.0. The number of anilines is 2. The van der Waals surface area contributed by atoms with Gasteiger partial charge in [0.25, 0.3) is 0 Å². The number of para-hydroxylation sites is 1. The monoisotopic (exact) mass is 600 g/mol. The topological polar surface area (TPSA) is 95.4 Å². The molecule has 1 aliphatic rings. The molecule has 5 rings (SSSR count). The van der Waals surface area contributed by atoms with Crippen molar-refractivity contribution in [1.82, 2.24) is 19.9 Å². The Labute approximate surface area is 247 Å². The first-order valence-corrected chi connectivity index (χ1v) is 14.9. The van der Waals surface area contributed by atoms with E-state index in [1.165, 1.54) is 23.5 Å². The van der Waals surface area contributed by atoms with E-state index >= 15 is 0 Å². The second kappa shape index (κ2) is 12.8. The molecule has 0 amide bonds. The number of ether oxygens (including phenoxy) is 1. The van der Waals surface area contributed by atoms with Crippen LogP contribution in [-0.4, -0.2) is 57.4 Å². The molecule has 1 fully saturated rings. The number of likely N-dealkylation sites (tertiary alicyclic amines) is 1. The number of halogens is 3. The van der Waals surface area contributed by atoms with Gasteiger partial charge in [-0.25, -0.2) is 9.97 Å². The standard InChI is InChI=1S/C30H35F3N6O2S/c1-18(2)16-39-13-5-6-20(17-39)15-34-28-36-23(21-9-11-22(12-10-21)30(31,32)33)14-26(37-28)41-24-7-4-8-25-27(24)38-29(42-25)35-19(3)40/h4,7-12,14,18-20,40H,5-6,13,15-17H2,1-3H3,(H,35,38)(H,34,36,37). The Morgan fingerprint density at radius 2 is 1.88 bits per heavy atom. The minimum absolute atomic E-state index is 0.234. The number of alkyl halides is 3. The summed E-state index contributed by atoms with van der Waals surface area (Å²) in [5.74, 6) is 2.05. The molecule has 2 atom stereocenters. The summed E-state index contributed by atoms with van der Waals surface area (Å²) in [5.41, 5.74) is 0.815. The number of hydrogen-bond acceptors (Lipinski definition) is 9. The van der Waals surface area contributed by atoms with Crippen molar-refractivity contribution >= 4 is 32.6 Å². The first-order chi connectivity index (χ1) is 20.0. The van der Waals surface area contributed by atoms with Crippen LogP contribution in [0.4, 0.5) is 24.3 Å². The van der Waals surface area contributed by atoms with E-state index < -0.39 is 18.0 Å². The van der Waals surface area contributed by atoms with Gasteiger partial charge in [0.15, 0.2) is 10.9 Å². The van der Waals surface area contributed by atoms with E-state index in [9.17, 15) is 18.3 Å². The SMILES string of the molecule is CC(C)CN1CCCC(CNc2nc(Oc3cccc4sc(NC(C)O)nc34)cc(-c3ccc(C(F)(F)F)cc3)n2)C1. The molecule has 4 aromatic rings. The number of rotatable bonds is 10. The minimum Gasteiger partial charge on any atom is -0.437 e. The second-order valence-corrected chi connectivity index (χ2v) is 12.1. The van der Waals surface area contributed by atoms with Gasteiger partial charge in [0.1, 0.15) is 11.7 Å². The van der Waals surface area contributed by atoms with Crippen LogP contribution in [-0.2, 0) is 6.18 Å². The lowest BCUT2D eigenvalue weighted by molar-refractivity contribution is -0.137. The molecular formula is C30H35F3N6O2S. The number of aliphatic hydroxyl groups is 1. The lowest BCUT2D eigenvalue weighted by atomic mass is 9.97. The van der Waals surface area contributed by atoms with Crippen molar-refractivity contribution in [1.29, 1.82) is 0 Å². The maximum atomic E-state index is 13.2. The quantitative estimate of drug-likeness (QED) is 0.166. The Morgan fingerprint density at radius 3 is 2.60 bits per heavy atom. The van der Waals surface area contributed by atoms with Crippen molar-refractivity contribution in [2.75, 3.05) is 36.8 Å². The van der Waals surface area contributed by atoms with Crippen molar-refractivity contribution in [2.24, 2.45) is 11.8 Å². The zero-order valence-electron chi connectivity index (χ0n) is 23.8. The summed E-state index contributed by atoms with van der Waals surface area (Å²) in [5, 5.41) is 16.5. The molecule has 3 heterocycles. The molecule has 0 aliphatic carbocycles. The fourth-order valence-corrected chi connectivity index (χ4v) is 6.09. The van der Waals surface area contributed by atoms with Crippen LogP contribution in [0.25, 0.3) is 21.5 Å². The van der Waals surface area contributed by atoms with Gasteiger partial charge in [-0.15, -0.1) is 0 Å². The molecular weight excluding hydrogens is 565 g/mol. The molecule has 0 radical (unpaired) electrons. The fourth-order valence-electron chi connectivity index (χ4n) is 5.13. The lowest BCUT2D eigenvalue weighted by Gasteiger charge is -2.33. The number of fused-ring (bicyclic) bond motifs is 1. The third kappa shape index (κ3) is 7.67. The molecule has 0 saturated carbocycles. The van der Waals surface area contributed by atoms with Gasteiger partial charge < -0.3 is 25.4 Å². The van der Waals surface area contributed by atoms with Crippen LogP contribution in [0, 0.1) is 11.8 Å². The molecule has 224 valence electrons. The number of nitrogens with zero attached hydrogens (tertiary/aromatic N) is 4. The van der Waals surface area contributed by atoms with Crippen LogP contribution in [0.3, 0.4) is 0 Å². The van der Waals surface area contributed by atoms with Crippen molar-refractivity contribution in [2.45, 2.75) is 46.0 Å². The maximum absolute atomic E-state index is 13.2. The molecule has 2 aromatic heterocycles. The molecule has 0 spiro atoms. The summed E-state index contributed by atoms with van der Waals surface area (Å²) in [6, 6.07) is 12.0. The zero-order valence-corrected chi connectivity index (χ0v) is 24.6. The van der Waals surface area contributed by atoms with Crippen LogP contribution in [0.2, 0.25) is 0 Å². The lowest BCUT2D eigenvalue weighted by Crippen LogP contribution is -2.40. The highest BCUT2D eigenvalue weighted by atomic mass is 32.1. The van der Waals surface area contributed by atoms with E-state index in [1.54, 1.807) is 19.1 Å². The van der Waals surface area contributed by atoms with Crippen molar-refractivity contribution < 1.29 is 23.0 Å². The summed E-state index contributed by atoms with van der Waals surface area (Å²) < 4.78 is 46.6. The van der Waals surface area contributed by atoms with Gasteiger partial charge in [-0.1, -0.05) is 43.4 Å². The van der Waals surface area contributed by atoms with E-state index in [2.05, 4.69) is 44.3 Å². The Hall–Kier alpha value is -3.48. The third-order valence-electron chi connectivity index (χ3n) is 6.91. The van der Waals surface area contributed by atoms with Gasteiger partial charge in [-0.05, 0) is 62.4 Å². The van der Waals surface area contributed by atoms with Crippen LogP contribution in [0.5, 0.6) is 11.6 Å². The Morgan fingerprint density at radius 1 is 1.10 bits per heavy atom. The minimum atomic E-state index is -4.43. The highest BCUT2D eigenvalue weighted by Crippen LogP contribution is 2.36. The van der Waals surface area contributed by atoms with E-state index in [0.717, 1.165) is 49.3 Å². The second-order valence-electron chi connectivity index (χ2n) is 11.1. The summed E-state index contributed by atoms with van der Waals surface area (Å²) in [6.45, 7) is 9.87. The van der Waals surface area contributed by atoms with E-state index in [1.807, 2.05) is 12.1 Å². The van der Waals surface area contributed by atoms with Gasteiger partial charge in [-0.3, -0.25) is 0 Å². The normalized spacial score (nSPS) is 17.0. The summed E-state index contributed by atoms with van der Waals surface area (Å²) in [6.07, 6.45) is -2.97. The maximum Gasteiger partial charge on any atom is 0.416 e. The molecule has 3 N–H and O–H groups in total. The van der Waals surface area contributed by atoms with Gasteiger partial charge in [0, 0.05) is 31.3 Å². The summed E-state index contributed by atoms with van der Waals surface area (Å²) >= 11 is 1.38. The van der Waals surface area contributed by atoms with Gasteiger partial charge >= 0.3 is 6.18 Å².